The Labute approximate surface area is 73.1 Å². The molecule has 0 saturated heterocycles. The molecule has 1 aliphatic rings. The smallest absolute Gasteiger partial charge is 0.159 e. The van der Waals surface area contributed by atoms with Crippen LogP contribution in [0.4, 0.5) is 0 Å². The molecule has 1 heterocycles. The van der Waals surface area contributed by atoms with Crippen molar-refractivity contribution in [1.82, 2.24) is 4.90 Å². The van der Waals surface area contributed by atoms with Gasteiger partial charge in [0.15, 0.2) is 5.17 Å². The molecule has 0 aliphatic carbocycles. The number of amidine groups is 1. The van der Waals surface area contributed by atoms with Crippen molar-refractivity contribution in [2.24, 2.45) is 4.99 Å². The minimum absolute atomic E-state index is 0.524. The maximum Gasteiger partial charge on any atom is 0.159 e. The molecule has 0 saturated carbocycles. The minimum Gasteiger partial charge on any atom is -0.352 e. The monoisotopic (exact) mass is 172 g/mol. The second-order valence-corrected chi connectivity index (χ2v) is 3.73. The molecule has 1 atom stereocenters. The average Bonchev–Trinajstić information content (AvgIpc) is 2.39. The largest absolute Gasteiger partial charge is 0.352 e. The number of rotatable bonds is 2. The third-order valence-electron chi connectivity index (χ3n) is 1.82. The van der Waals surface area contributed by atoms with Crippen molar-refractivity contribution < 1.29 is 0 Å². The molecule has 0 aromatic rings. The van der Waals surface area contributed by atoms with Crippen molar-refractivity contribution in [3.63, 3.8) is 0 Å². The van der Waals surface area contributed by atoms with Gasteiger partial charge in [0.2, 0.25) is 0 Å². The van der Waals surface area contributed by atoms with E-state index in [4.69, 9.17) is 0 Å². The zero-order chi connectivity index (χ0) is 8.27. The molecule has 2 nitrogen and oxygen atoms in total. The van der Waals surface area contributed by atoms with Gasteiger partial charge in [-0.1, -0.05) is 11.8 Å². The van der Waals surface area contributed by atoms with Gasteiger partial charge in [0.05, 0.1) is 6.04 Å². The average molecular weight is 172 g/mol. The van der Waals surface area contributed by atoms with Crippen molar-refractivity contribution in [3.8, 4) is 0 Å². The highest BCUT2D eigenvalue weighted by atomic mass is 32.2. The molecule has 0 spiro atoms. The summed E-state index contributed by atoms with van der Waals surface area (Å²) in [4.78, 5) is 6.85. The standard InChI is InChI=1S/C8H16N2S/c1-4-10(5-2)8-9-7(3)6-11-8/h7H,4-6H2,1-3H3/t7-/m0/s1. The summed E-state index contributed by atoms with van der Waals surface area (Å²) in [6.45, 7) is 8.68. The van der Waals surface area contributed by atoms with Crippen molar-refractivity contribution in [2.75, 3.05) is 18.8 Å². The molecular formula is C8H16N2S. The molecule has 11 heavy (non-hydrogen) atoms. The van der Waals surface area contributed by atoms with Crippen LogP contribution in [0.1, 0.15) is 20.8 Å². The summed E-state index contributed by atoms with van der Waals surface area (Å²) < 4.78 is 0. The summed E-state index contributed by atoms with van der Waals surface area (Å²) in [6, 6.07) is 0.524. The van der Waals surface area contributed by atoms with Gasteiger partial charge in [0.25, 0.3) is 0 Å². The maximum absolute atomic E-state index is 4.54. The van der Waals surface area contributed by atoms with Crippen LogP contribution in [0.25, 0.3) is 0 Å². The van der Waals surface area contributed by atoms with Crippen molar-refractivity contribution >= 4 is 16.9 Å². The van der Waals surface area contributed by atoms with Crippen LogP contribution in [-0.2, 0) is 0 Å². The SMILES string of the molecule is CCN(CC)C1=N[C@@H](C)CS1. The highest BCUT2D eigenvalue weighted by Crippen LogP contribution is 2.19. The third-order valence-corrected chi connectivity index (χ3v) is 3.09. The van der Waals surface area contributed by atoms with E-state index in [1.807, 2.05) is 11.8 Å². The number of nitrogens with zero attached hydrogens (tertiary/aromatic N) is 2. The van der Waals surface area contributed by atoms with Gasteiger partial charge < -0.3 is 4.90 Å². The lowest BCUT2D eigenvalue weighted by Crippen LogP contribution is -2.27. The van der Waals surface area contributed by atoms with E-state index >= 15 is 0 Å². The summed E-state index contributed by atoms with van der Waals surface area (Å²) >= 11 is 1.88. The molecule has 3 heteroatoms. The lowest BCUT2D eigenvalue weighted by atomic mass is 10.4. The Bertz CT molecular complexity index is 152. The Balaban J connectivity index is 2.52. The summed E-state index contributed by atoms with van der Waals surface area (Å²) in [7, 11) is 0. The predicted molar refractivity (Wildman–Crippen MR) is 52.3 cm³/mol. The van der Waals surface area contributed by atoms with Gasteiger partial charge >= 0.3 is 0 Å². The highest BCUT2D eigenvalue weighted by molar-refractivity contribution is 8.14. The van der Waals surface area contributed by atoms with E-state index in [2.05, 4.69) is 30.7 Å². The van der Waals surface area contributed by atoms with Crippen LogP contribution in [-0.4, -0.2) is 35.0 Å². The Morgan fingerprint density at radius 2 is 2.18 bits per heavy atom. The quantitative estimate of drug-likeness (QED) is 0.631. The molecule has 0 aromatic carbocycles. The van der Waals surface area contributed by atoms with Gasteiger partial charge in [-0.15, -0.1) is 0 Å². The topological polar surface area (TPSA) is 15.6 Å². The van der Waals surface area contributed by atoms with Gasteiger partial charge in [-0.3, -0.25) is 4.99 Å². The van der Waals surface area contributed by atoms with Crippen LogP contribution in [0.2, 0.25) is 0 Å². The summed E-state index contributed by atoms with van der Waals surface area (Å²) in [5, 5.41) is 1.24. The first kappa shape index (κ1) is 8.91. The summed E-state index contributed by atoms with van der Waals surface area (Å²) in [5.41, 5.74) is 0. The van der Waals surface area contributed by atoms with Crippen LogP contribution < -0.4 is 0 Å². The molecule has 0 N–H and O–H groups in total. The van der Waals surface area contributed by atoms with E-state index in [-0.39, 0.29) is 0 Å². The van der Waals surface area contributed by atoms with Crippen LogP contribution in [0.15, 0.2) is 4.99 Å². The molecule has 0 fully saturated rings. The number of aliphatic imine (C=N–C) groups is 1. The molecular weight excluding hydrogens is 156 g/mol. The van der Waals surface area contributed by atoms with Crippen LogP contribution in [0.5, 0.6) is 0 Å². The number of hydrogen-bond acceptors (Lipinski definition) is 3. The zero-order valence-electron chi connectivity index (χ0n) is 7.50. The minimum atomic E-state index is 0.524. The molecule has 0 unspecified atom stereocenters. The van der Waals surface area contributed by atoms with Gasteiger partial charge in [0, 0.05) is 18.8 Å². The Hall–Kier alpha value is -0.180. The van der Waals surface area contributed by atoms with Crippen molar-refractivity contribution in [3.05, 3.63) is 0 Å². The fourth-order valence-corrected chi connectivity index (χ4v) is 2.29. The first-order valence-electron chi connectivity index (χ1n) is 4.23. The number of thioether (sulfide) groups is 1. The van der Waals surface area contributed by atoms with E-state index in [0.717, 1.165) is 18.8 Å². The van der Waals surface area contributed by atoms with E-state index in [9.17, 15) is 0 Å². The van der Waals surface area contributed by atoms with Gasteiger partial charge in [0.1, 0.15) is 0 Å². The van der Waals surface area contributed by atoms with Gasteiger partial charge in [-0.25, -0.2) is 0 Å². The predicted octanol–water partition coefficient (Wildman–Crippen LogP) is 1.82. The molecule has 64 valence electrons. The molecule has 0 amide bonds. The van der Waals surface area contributed by atoms with E-state index < -0.39 is 0 Å². The molecule has 0 aromatic heterocycles. The molecule has 0 radical (unpaired) electrons. The first-order valence-corrected chi connectivity index (χ1v) is 5.22. The van der Waals surface area contributed by atoms with Crippen LogP contribution in [0.3, 0.4) is 0 Å². The van der Waals surface area contributed by atoms with Crippen molar-refractivity contribution in [1.29, 1.82) is 0 Å². The normalized spacial score (nSPS) is 23.5. The third kappa shape index (κ3) is 2.12. The van der Waals surface area contributed by atoms with E-state index in [0.29, 0.717) is 6.04 Å². The van der Waals surface area contributed by atoms with E-state index in [1.165, 1.54) is 5.17 Å². The van der Waals surface area contributed by atoms with Crippen LogP contribution in [0, 0.1) is 0 Å². The summed E-state index contributed by atoms with van der Waals surface area (Å²) in [6.07, 6.45) is 0. The Kier molecular flexibility index (Phi) is 3.24. The lowest BCUT2D eigenvalue weighted by molar-refractivity contribution is 0.473. The van der Waals surface area contributed by atoms with Gasteiger partial charge in [-0.2, -0.15) is 0 Å². The first-order chi connectivity index (χ1) is 5.27. The van der Waals surface area contributed by atoms with E-state index in [1.54, 1.807) is 0 Å². The molecule has 0 bridgehead atoms. The van der Waals surface area contributed by atoms with Gasteiger partial charge in [-0.05, 0) is 20.8 Å². The zero-order valence-corrected chi connectivity index (χ0v) is 8.32. The Morgan fingerprint density at radius 3 is 2.55 bits per heavy atom. The molecule has 1 aliphatic heterocycles. The second-order valence-electron chi connectivity index (χ2n) is 2.74. The fraction of sp³-hybridized carbons (Fsp3) is 0.875. The molecule has 1 rings (SSSR count). The number of hydrogen-bond donors (Lipinski definition) is 0. The van der Waals surface area contributed by atoms with Crippen molar-refractivity contribution in [2.45, 2.75) is 26.8 Å². The fourth-order valence-electron chi connectivity index (χ4n) is 1.13. The lowest BCUT2D eigenvalue weighted by Gasteiger charge is -2.19. The van der Waals surface area contributed by atoms with Crippen LogP contribution >= 0.6 is 11.8 Å². The summed E-state index contributed by atoms with van der Waals surface area (Å²) in [5.74, 6) is 1.16. The maximum atomic E-state index is 4.54. The second kappa shape index (κ2) is 4.00. The highest BCUT2D eigenvalue weighted by Gasteiger charge is 2.17. The Morgan fingerprint density at radius 1 is 1.55 bits per heavy atom.